The zero-order chi connectivity index (χ0) is 22.2. The summed E-state index contributed by atoms with van der Waals surface area (Å²) < 4.78 is 49.0. The molecular formula is C18H19F3N8O2. The van der Waals surface area contributed by atoms with Crippen LogP contribution in [0.5, 0.6) is 5.88 Å². The number of hydrogen-bond donors (Lipinski definition) is 0. The summed E-state index contributed by atoms with van der Waals surface area (Å²) >= 11 is 0. The average molecular weight is 436 g/mol. The van der Waals surface area contributed by atoms with E-state index in [0.717, 1.165) is 12.6 Å². The molecule has 1 amide bonds. The normalized spacial score (nSPS) is 17.1. The lowest BCUT2D eigenvalue weighted by Gasteiger charge is -2.32. The number of alkyl halides is 3. The van der Waals surface area contributed by atoms with E-state index < -0.39 is 23.3 Å². The van der Waals surface area contributed by atoms with Crippen molar-refractivity contribution in [2.45, 2.75) is 24.9 Å². The number of ether oxygens (including phenoxy) is 1. The van der Waals surface area contributed by atoms with Crippen LogP contribution in [0.1, 0.15) is 40.6 Å². The highest BCUT2D eigenvalue weighted by molar-refractivity contribution is 5.95. The molecule has 13 heteroatoms. The van der Waals surface area contributed by atoms with Crippen molar-refractivity contribution in [2.75, 3.05) is 20.2 Å². The molecule has 3 aromatic rings. The molecule has 1 saturated heterocycles. The Balaban J connectivity index is 1.66. The third kappa shape index (κ3) is 3.94. The summed E-state index contributed by atoms with van der Waals surface area (Å²) in [6.07, 6.45) is -0.950. The number of halogens is 3. The molecular weight excluding hydrogens is 417 g/mol. The van der Waals surface area contributed by atoms with Gasteiger partial charge in [-0.3, -0.25) is 4.79 Å². The van der Waals surface area contributed by atoms with Gasteiger partial charge in [-0.05, 0) is 18.9 Å². The number of carbonyl (C=O) groups excluding carboxylic acids is 1. The Hall–Kier alpha value is -3.51. The van der Waals surface area contributed by atoms with Crippen LogP contribution in [0.2, 0.25) is 0 Å². The van der Waals surface area contributed by atoms with E-state index in [9.17, 15) is 18.0 Å². The minimum absolute atomic E-state index is 0.109. The lowest BCUT2D eigenvalue weighted by Crippen LogP contribution is -2.40. The highest BCUT2D eigenvalue weighted by Gasteiger charge is 2.42. The maximum atomic E-state index is 13.9. The monoisotopic (exact) mass is 436 g/mol. The molecule has 1 atom stereocenters. The van der Waals surface area contributed by atoms with Gasteiger partial charge in [0.15, 0.2) is 11.5 Å². The van der Waals surface area contributed by atoms with E-state index in [-0.39, 0.29) is 24.2 Å². The van der Waals surface area contributed by atoms with E-state index in [2.05, 4.69) is 25.5 Å². The highest BCUT2D eigenvalue weighted by atomic mass is 19.4. The van der Waals surface area contributed by atoms with E-state index >= 15 is 0 Å². The first kappa shape index (κ1) is 20.8. The molecule has 1 unspecified atom stereocenters. The largest absolute Gasteiger partial charge is 0.480 e. The minimum Gasteiger partial charge on any atom is -0.480 e. The quantitative estimate of drug-likeness (QED) is 0.615. The van der Waals surface area contributed by atoms with Crippen LogP contribution in [-0.4, -0.2) is 65.7 Å². The van der Waals surface area contributed by atoms with Crippen LogP contribution in [0.25, 0.3) is 5.82 Å². The van der Waals surface area contributed by atoms with Gasteiger partial charge in [-0.1, -0.05) is 0 Å². The van der Waals surface area contributed by atoms with Gasteiger partial charge in [-0.2, -0.15) is 18.3 Å². The summed E-state index contributed by atoms with van der Waals surface area (Å²) in [6.45, 7) is 0.591. The van der Waals surface area contributed by atoms with Gasteiger partial charge >= 0.3 is 6.18 Å². The van der Waals surface area contributed by atoms with Crippen LogP contribution in [-0.2, 0) is 13.2 Å². The fraction of sp³-hybridized carbons (Fsp3) is 0.444. The summed E-state index contributed by atoms with van der Waals surface area (Å²) in [5.41, 5.74) is -1.73. The molecule has 0 aliphatic carbocycles. The van der Waals surface area contributed by atoms with E-state index in [1.807, 2.05) is 0 Å². The number of carbonyl (C=O) groups is 1. The van der Waals surface area contributed by atoms with Crippen molar-refractivity contribution in [3.63, 3.8) is 0 Å². The van der Waals surface area contributed by atoms with Crippen molar-refractivity contribution in [3.8, 4) is 11.7 Å². The molecule has 0 aromatic carbocycles. The lowest BCUT2D eigenvalue weighted by molar-refractivity contribution is -0.143. The van der Waals surface area contributed by atoms with Gasteiger partial charge in [0, 0.05) is 32.1 Å². The summed E-state index contributed by atoms with van der Waals surface area (Å²) in [6, 6.07) is 2.65. The number of aromatic nitrogens is 7. The van der Waals surface area contributed by atoms with Gasteiger partial charge in [0.2, 0.25) is 5.88 Å². The van der Waals surface area contributed by atoms with E-state index in [4.69, 9.17) is 4.74 Å². The molecule has 10 nitrogen and oxygen atoms in total. The van der Waals surface area contributed by atoms with Gasteiger partial charge in [-0.25, -0.2) is 4.68 Å². The van der Waals surface area contributed by atoms with Gasteiger partial charge in [-0.15, -0.1) is 20.4 Å². The second kappa shape index (κ2) is 7.96. The number of aryl methyl sites for hydroxylation is 1. The lowest BCUT2D eigenvalue weighted by atomic mass is 9.96. The van der Waals surface area contributed by atoms with Crippen molar-refractivity contribution < 1.29 is 22.7 Å². The van der Waals surface area contributed by atoms with Crippen molar-refractivity contribution in [2.24, 2.45) is 7.05 Å². The molecule has 31 heavy (non-hydrogen) atoms. The van der Waals surface area contributed by atoms with Crippen LogP contribution in [0.4, 0.5) is 13.2 Å². The summed E-state index contributed by atoms with van der Waals surface area (Å²) in [4.78, 5) is 14.5. The Kier molecular flexibility index (Phi) is 5.33. The number of piperidine rings is 1. The first-order valence-corrected chi connectivity index (χ1v) is 9.46. The number of methoxy groups -OCH3 is 1. The van der Waals surface area contributed by atoms with Crippen LogP contribution >= 0.6 is 0 Å². The van der Waals surface area contributed by atoms with E-state index in [1.54, 1.807) is 17.9 Å². The summed E-state index contributed by atoms with van der Waals surface area (Å²) in [7, 11) is 3.15. The second-order valence-electron chi connectivity index (χ2n) is 7.14. The Morgan fingerprint density at radius 3 is 2.65 bits per heavy atom. The molecule has 4 rings (SSSR count). The van der Waals surface area contributed by atoms with Gasteiger partial charge < -0.3 is 14.2 Å². The molecule has 0 radical (unpaired) electrons. The van der Waals surface area contributed by atoms with Crippen LogP contribution in [0.15, 0.2) is 24.7 Å². The predicted octanol–water partition coefficient (Wildman–Crippen LogP) is 1.84. The Morgan fingerprint density at radius 2 is 2.03 bits per heavy atom. The Labute approximate surface area is 174 Å². The molecule has 4 heterocycles. The standard InChI is InChI=1S/C18H19F3N8O2/c1-27-10-22-26-16(27)11-4-3-7-28(9-11)17(30)12-8-23-29(15(12)18(19,20)21)13-5-6-14(31-2)25-24-13/h5-6,8,10-11H,3-4,7,9H2,1-2H3. The zero-order valence-electron chi connectivity index (χ0n) is 16.7. The molecule has 0 saturated carbocycles. The van der Waals surface area contributed by atoms with E-state index in [0.29, 0.717) is 23.5 Å². The minimum atomic E-state index is -4.83. The number of nitrogens with zero attached hydrogens (tertiary/aromatic N) is 8. The number of likely N-dealkylation sites (tertiary alicyclic amines) is 1. The fourth-order valence-electron chi connectivity index (χ4n) is 3.69. The number of rotatable bonds is 4. The molecule has 1 fully saturated rings. The first-order valence-electron chi connectivity index (χ1n) is 9.46. The van der Waals surface area contributed by atoms with Gasteiger partial charge in [0.25, 0.3) is 5.91 Å². The maximum absolute atomic E-state index is 13.9. The van der Waals surface area contributed by atoms with Gasteiger partial charge in [0.05, 0.1) is 18.9 Å². The smallest absolute Gasteiger partial charge is 0.434 e. The molecule has 1 aliphatic rings. The van der Waals surface area contributed by atoms with Crippen molar-refractivity contribution in [1.29, 1.82) is 0 Å². The van der Waals surface area contributed by atoms with Crippen LogP contribution in [0.3, 0.4) is 0 Å². The topological polar surface area (TPSA) is 104 Å². The third-order valence-electron chi connectivity index (χ3n) is 5.14. The van der Waals surface area contributed by atoms with Crippen molar-refractivity contribution in [1.82, 2.24) is 39.6 Å². The second-order valence-corrected chi connectivity index (χ2v) is 7.14. The average Bonchev–Trinajstić information content (AvgIpc) is 3.40. The summed E-state index contributed by atoms with van der Waals surface area (Å²) in [5, 5.41) is 19.1. The molecule has 164 valence electrons. The number of hydrogen-bond acceptors (Lipinski definition) is 7. The van der Waals surface area contributed by atoms with Gasteiger partial charge in [0.1, 0.15) is 12.2 Å². The predicted molar refractivity (Wildman–Crippen MR) is 99.6 cm³/mol. The molecule has 0 spiro atoms. The SMILES string of the molecule is COc1ccc(-n2ncc(C(=O)N3CCCC(c4nncn4C)C3)c2C(F)(F)F)nn1. The molecule has 0 N–H and O–H groups in total. The van der Waals surface area contributed by atoms with Crippen LogP contribution in [0, 0.1) is 0 Å². The molecule has 3 aromatic heterocycles. The fourth-order valence-corrected chi connectivity index (χ4v) is 3.69. The Bertz CT molecular complexity index is 1080. The molecule has 0 bridgehead atoms. The third-order valence-corrected chi connectivity index (χ3v) is 5.14. The van der Waals surface area contributed by atoms with Crippen molar-refractivity contribution in [3.05, 3.63) is 41.7 Å². The summed E-state index contributed by atoms with van der Waals surface area (Å²) in [5.74, 6) is -0.196. The number of amides is 1. The highest BCUT2D eigenvalue weighted by Crippen LogP contribution is 2.35. The van der Waals surface area contributed by atoms with Crippen molar-refractivity contribution >= 4 is 5.91 Å². The van der Waals surface area contributed by atoms with E-state index in [1.165, 1.54) is 24.1 Å². The maximum Gasteiger partial charge on any atom is 0.434 e. The van der Waals surface area contributed by atoms with Crippen LogP contribution < -0.4 is 4.74 Å². The first-order chi connectivity index (χ1) is 14.8. The Morgan fingerprint density at radius 1 is 1.23 bits per heavy atom. The molecule has 1 aliphatic heterocycles. The zero-order valence-corrected chi connectivity index (χ0v) is 16.7.